The van der Waals surface area contributed by atoms with E-state index >= 15 is 0 Å². The fraction of sp³-hybridized carbons (Fsp3) is 0.143. The van der Waals surface area contributed by atoms with E-state index in [1.54, 1.807) is 49.1 Å². The average Bonchev–Trinajstić information content (AvgIpc) is 3.09. The van der Waals surface area contributed by atoms with Crippen LogP contribution in [0, 0.1) is 13.8 Å². The summed E-state index contributed by atoms with van der Waals surface area (Å²) in [5.74, 6) is 0.231. The molecule has 0 fully saturated rings. The molecular weight excluding hydrogens is 340 g/mol. The van der Waals surface area contributed by atoms with E-state index in [0.29, 0.717) is 22.1 Å². The molecule has 9 heteroatoms. The fourth-order valence-corrected chi connectivity index (χ4v) is 3.88. The van der Waals surface area contributed by atoms with Gasteiger partial charge in [0.1, 0.15) is 5.69 Å². The van der Waals surface area contributed by atoms with Gasteiger partial charge in [0.2, 0.25) is 0 Å². The Labute approximate surface area is 137 Å². The molecule has 2 heterocycles. The molecule has 23 heavy (non-hydrogen) atoms. The van der Waals surface area contributed by atoms with Crippen LogP contribution in [0.5, 0.6) is 0 Å². The molecular formula is C14H13ClN4O3S. The van der Waals surface area contributed by atoms with Crippen LogP contribution >= 0.6 is 11.6 Å². The molecule has 3 rings (SSSR count). The Morgan fingerprint density at radius 2 is 2.09 bits per heavy atom. The Balaban J connectivity index is 1.93. The van der Waals surface area contributed by atoms with Crippen LogP contribution < -0.4 is 4.72 Å². The summed E-state index contributed by atoms with van der Waals surface area (Å²) < 4.78 is 33.9. The van der Waals surface area contributed by atoms with Gasteiger partial charge in [0, 0.05) is 12.4 Å². The number of aryl methyl sites for hydroxylation is 2. The number of aromatic nitrogens is 3. The number of sulfonamides is 1. The number of hydrogen-bond acceptors (Lipinski definition) is 5. The third-order valence-electron chi connectivity index (χ3n) is 3.19. The van der Waals surface area contributed by atoms with Gasteiger partial charge in [-0.1, -0.05) is 16.8 Å². The zero-order valence-corrected chi connectivity index (χ0v) is 13.9. The van der Waals surface area contributed by atoms with Crippen molar-refractivity contribution in [3.8, 4) is 5.69 Å². The van der Waals surface area contributed by atoms with Gasteiger partial charge < -0.3 is 4.52 Å². The van der Waals surface area contributed by atoms with Crippen molar-refractivity contribution >= 4 is 27.3 Å². The highest BCUT2D eigenvalue weighted by molar-refractivity contribution is 7.92. The maximum Gasteiger partial charge on any atom is 0.267 e. The third kappa shape index (κ3) is 2.95. The number of benzene rings is 1. The van der Waals surface area contributed by atoms with E-state index in [4.69, 9.17) is 16.1 Å². The summed E-state index contributed by atoms with van der Waals surface area (Å²) in [6.07, 6.45) is 3.37. The smallest absolute Gasteiger partial charge is 0.267 e. The Kier molecular flexibility index (Phi) is 3.87. The first-order chi connectivity index (χ1) is 10.9. The van der Waals surface area contributed by atoms with E-state index in [-0.39, 0.29) is 10.7 Å². The molecule has 0 aliphatic rings. The molecule has 0 bridgehead atoms. The van der Waals surface area contributed by atoms with Crippen molar-refractivity contribution in [3.63, 3.8) is 0 Å². The van der Waals surface area contributed by atoms with E-state index < -0.39 is 10.0 Å². The molecule has 0 aliphatic heterocycles. The molecule has 120 valence electrons. The minimum Gasteiger partial charge on any atom is -0.360 e. The van der Waals surface area contributed by atoms with Crippen LogP contribution in [0.25, 0.3) is 5.69 Å². The summed E-state index contributed by atoms with van der Waals surface area (Å²) in [4.78, 5) is 0.0322. The van der Waals surface area contributed by atoms with Gasteiger partial charge in [-0.15, -0.1) is 0 Å². The second kappa shape index (κ2) is 5.71. The Hall–Kier alpha value is -2.32. The standard InChI is InChI=1S/C14H13ClN4O3S/c1-9-14(10(2)22-17-9)23(20,21)18-11-4-5-13(12(15)8-11)19-7-3-6-16-19/h3-8,18H,1-2H3. The van der Waals surface area contributed by atoms with Crippen LogP contribution in [0.4, 0.5) is 5.69 Å². The van der Waals surface area contributed by atoms with Crippen LogP contribution in [0.1, 0.15) is 11.5 Å². The predicted octanol–water partition coefficient (Wildman–Crippen LogP) is 2.93. The van der Waals surface area contributed by atoms with Crippen LogP contribution in [0.15, 0.2) is 46.1 Å². The topological polar surface area (TPSA) is 90.0 Å². The van der Waals surface area contributed by atoms with Gasteiger partial charge in [0.05, 0.1) is 16.4 Å². The number of nitrogens with zero attached hydrogens (tertiary/aromatic N) is 3. The highest BCUT2D eigenvalue weighted by atomic mass is 35.5. The molecule has 2 aromatic heterocycles. The quantitative estimate of drug-likeness (QED) is 0.779. The monoisotopic (exact) mass is 352 g/mol. The van der Waals surface area contributed by atoms with Crippen molar-refractivity contribution in [2.24, 2.45) is 0 Å². The highest BCUT2D eigenvalue weighted by Gasteiger charge is 2.24. The first-order valence-corrected chi connectivity index (χ1v) is 8.50. The lowest BCUT2D eigenvalue weighted by Crippen LogP contribution is -2.14. The lowest BCUT2D eigenvalue weighted by molar-refractivity contribution is 0.390. The normalized spacial score (nSPS) is 11.6. The summed E-state index contributed by atoms with van der Waals surface area (Å²) in [6.45, 7) is 3.11. The maximum atomic E-state index is 12.5. The Bertz CT molecular complexity index is 929. The maximum absolute atomic E-state index is 12.5. The van der Waals surface area contributed by atoms with Crippen molar-refractivity contribution in [2.45, 2.75) is 18.7 Å². The van der Waals surface area contributed by atoms with Gasteiger partial charge in [-0.2, -0.15) is 5.10 Å². The zero-order chi connectivity index (χ0) is 16.6. The number of rotatable bonds is 4. The summed E-state index contributed by atoms with van der Waals surface area (Å²) in [6, 6.07) is 6.58. The van der Waals surface area contributed by atoms with Crippen LogP contribution in [-0.4, -0.2) is 23.4 Å². The molecule has 0 saturated carbocycles. The Morgan fingerprint density at radius 1 is 1.30 bits per heavy atom. The van der Waals surface area contributed by atoms with E-state index in [1.165, 1.54) is 6.07 Å². The molecule has 0 spiro atoms. The number of anilines is 1. The molecule has 1 N–H and O–H groups in total. The van der Waals surface area contributed by atoms with Gasteiger partial charge in [0.25, 0.3) is 10.0 Å². The van der Waals surface area contributed by atoms with Crippen LogP contribution in [-0.2, 0) is 10.0 Å². The van der Waals surface area contributed by atoms with Crippen LogP contribution in [0.2, 0.25) is 5.02 Å². The van der Waals surface area contributed by atoms with Gasteiger partial charge in [-0.05, 0) is 38.1 Å². The minimum atomic E-state index is -3.80. The largest absolute Gasteiger partial charge is 0.360 e. The van der Waals surface area contributed by atoms with E-state index in [1.807, 2.05) is 0 Å². The second-order valence-electron chi connectivity index (χ2n) is 4.88. The highest BCUT2D eigenvalue weighted by Crippen LogP contribution is 2.27. The van der Waals surface area contributed by atoms with Gasteiger partial charge >= 0.3 is 0 Å². The number of hydrogen-bond donors (Lipinski definition) is 1. The summed E-state index contributed by atoms with van der Waals surface area (Å²) in [5, 5.41) is 8.11. The minimum absolute atomic E-state index is 0.0322. The van der Waals surface area contributed by atoms with Crippen molar-refractivity contribution in [1.82, 2.24) is 14.9 Å². The van der Waals surface area contributed by atoms with Crippen LogP contribution in [0.3, 0.4) is 0 Å². The molecule has 0 atom stereocenters. The summed E-state index contributed by atoms with van der Waals surface area (Å²) in [7, 11) is -3.80. The van der Waals surface area contributed by atoms with Crippen molar-refractivity contribution in [2.75, 3.05) is 4.72 Å². The van der Waals surface area contributed by atoms with E-state index in [0.717, 1.165) is 0 Å². The summed E-state index contributed by atoms with van der Waals surface area (Å²) >= 11 is 6.21. The first kappa shape index (κ1) is 15.6. The molecule has 7 nitrogen and oxygen atoms in total. The van der Waals surface area contributed by atoms with Gasteiger partial charge in [-0.25, -0.2) is 13.1 Å². The molecule has 0 saturated heterocycles. The zero-order valence-electron chi connectivity index (χ0n) is 12.3. The average molecular weight is 353 g/mol. The molecule has 0 aliphatic carbocycles. The lowest BCUT2D eigenvalue weighted by atomic mass is 10.3. The first-order valence-electron chi connectivity index (χ1n) is 6.64. The Morgan fingerprint density at radius 3 is 2.65 bits per heavy atom. The molecule has 1 aromatic carbocycles. The number of halogens is 1. The second-order valence-corrected chi connectivity index (χ2v) is 6.90. The van der Waals surface area contributed by atoms with Crippen molar-refractivity contribution in [1.29, 1.82) is 0 Å². The van der Waals surface area contributed by atoms with Crippen molar-refractivity contribution in [3.05, 3.63) is 53.1 Å². The SMILES string of the molecule is Cc1noc(C)c1S(=O)(=O)Nc1ccc(-n2cccn2)c(Cl)c1. The predicted molar refractivity (Wildman–Crippen MR) is 85.4 cm³/mol. The van der Waals surface area contributed by atoms with Gasteiger partial charge in [0.15, 0.2) is 10.7 Å². The summed E-state index contributed by atoms with van der Waals surface area (Å²) in [5.41, 5.74) is 1.29. The van der Waals surface area contributed by atoms with E-state index in [2.05, 4.69) is 15.0 Å². The molecule has 0 radical (unpaired) electrons. The van der Waals surface area contributed by atoms with E-state index in [9.17, 15) is 8.42 Å². The lowest BCUT2D eigenvalue weighted by Gasteiger charge is -2.10. The molecule has 0 amide bonds. The fourth-order valence-electron chi connectivity index (χ4n) is 2.23. The third-order valence-corrected chi connectivity index (χ3v) is 5.12. The molecule has 0 unspecified atom stereocenters. The molecule has 3 aromatic rings. The van der Waals surface area contributed by atoms with Crippen molar-refractivity contribution < 1.29 is 12.9 Å². The van der Waals surface area contributed by atoms with Gasteiger partial charge in [-0.3, -0.25) is 4.72 Å². The number of nitrogens with one attached hydrogen (secondary N) is 1.